The average molecular weight is 162 g/mol. The van der Waals surface area contributed by atoms with E-state index in [4.69, 9.17) is 4.74 Å². The highest BCUT2D eigenvalue weighted by atomic mass is 16.6. The summed E-state index contributed by atoms with van der Waals surface area (Å²) in [7, 11) is 1.62. The van der Waals surface area contributed by atoms with Gasteiger partial charge in [0.15, 0.2) is 0 Å². The van der Waals surface area contributed by atoms with Gasteiger partial charge in [-0.3, -0.25) is 9.63 Å². The Labute approximate surface area is 65.8 Å². The molecule has 0 fully saturated rings. The van der Waals surface area contributed by atoms with Crippen LogP contribution in [-0.2, 0) is 14.4 Å². The van der Waals surface area contributed by atoms with Crippen molar-refractivity contribution in [3.8, 4) is 0 Å². The van der Waals surface area contributed by atoms with Gasteiger partial charge in [0.1, 0.15) is 6.61 Å². The molecule has 11 heavy (non-hydrogen) atoms. The summed E-state index contributed by atoms with van der Waals surface area (Å²) in [6, 6.07) is 0. The fourth-order valence-corrected chi connectivity index (χ4v) is 0.571. The average Bonchev–Trinajstić information content (AvgIpc) is 1.99. The lowest BCUT2D eigenvalue weighted by Crippen LogP contribution is -2.30. The molecular weight excluding hydrogens is 148 g/mol. The molecule has 5 nitrogen and oxygen atoms in total. The van der Waals surface area contributed by atoms with Gasteiger partial charge >= 0.3 is 0 Å². The summed E-state index contributed by atoms with van der Waals surface area (Å²) in [6.45, 7) is 1.15. The van der Waals surface area contributed by atoms with Gasteiger partial charge in [-0.2, -0.15) is 0 Å². The predicted molar refractivity (Wildman–Crippen MR) is 39.6 cm³/mol. The minimum Gasteiger partial charge on any atom is -0.385 e. The highest BCUT2D eigenvalue weighted by Crippen LogP contribution is 1.76. The van der Waals surface area contributed by atoms with E-state index < -0.39 is 0 Å². The quantitative estimate of drug-likeness (QED) is 0.389. The minimum atomic E-state index is -0.205. The monoisotopic (exact) mass is 162 g/mol. The number of nitrogens with one attached hydrogen (secondary N) is 1. The third-order valence-electron chi connectivity index (χ3n) is 1.06. The Kier molecular flexibility index (Phi) is 7.02. The molecule has 66 valence electrons. The zero-order chi connectivity index (χ0) is 8.53. The molecule has 0 aromatic heterocycles. The highest BCUT2D eigenvalue weighted by Gasteiger charge is 1.97. The summed E-state index contributed by atoms with van der Waals surface area (Å²) in [6.07, 6.45) is 0.798. The van der Waals surface area contributed by atoms with Crippen LogP contribution in [0.2, 0.25) is 0 Å². The lowest BCUT2D eigenvalue weighted by Gasteiger charge is -2.02. The zero-order valence-corrected chi connectivity index (χ0v) is 6.63. The maximum Gasteiger partial charge on any atom is 0.248 e. The molecule has 0 rings (SSSR count). The van der Waals surface area contributed by atoms with E-state index in [0.717, 1.165) is 6.42 Å². The molecule has 0 aromatic rings. The number of hydrogen-bond acceptors (Lipinski definition) is 4. The number of hydrogen-bond donors (Lipinski definition) is 2. The van der Waals surface area contributed by atoms with Crippen LogP contribution in [0.3, 0.4) is 0 Å². The van der Waals surface area contributed by atoms with Gasteiger partial charge in [0.05, 0.1) is 0 Å². The topological polar surface area (TPSA) is 73.6 Å². The number of ether oxygens (including phenoxy) is 1. The molecule has 0 aliphatic rings. The number of amides is 1. The Hall–Kier alpha value is -0.650. The Morgan fingerprint density at radius 2 is 2.36 bits per heavy atom. The van der Waals surface area contributed by atoms with Crippen LogP contribution in [-0.4, -0.2) is 32.8 Å². The van der Waals surface area contributed by atoms with Gasteiger partial charge in [-0.05, 0) is 6.42 Å². The SMILES string of the molecule is COCCCNC(=O)CON. The fraction of sp³-hybridized carbons (Fsp3) is 0.833. The number of methoxy groups -OCH3 is 1. The van der Waals surface area contributed by atoms with E-state index in [-0.39, 0.29) is 12.5 Å². The smallest absolute Gasteiger partial charge is 0.248 e. The molecule has 0 radical (unpaired) electrons. The van der Waals surface area contributed by atoms with Crippen LogP contribution < -0.4 is 11.2 Å². The van der Waals surface area contributed by atoms with Gasteiger partial charge in [-0.1, -0.05) is 0 Å². The maximum atomic E-state index is 10.6. The van der Waals surface area contributed by atoms with E-state index in [0.29, 0.717) is 13.2 Å². The van der Waals surface area contributed by atoms with E-state index in [1.807, 2.05) is 0 Å². The normalized spacial score (nSPS) is 9.64. The van der Waals surface area contributed by atoms with E-state index >= 15 is 0 Å². The molecule has 0 saturated heterocycles. The summed E-state index contributed by atoms with van der Waals surface area (Å²) in [5.41, 5.74) is 0. The number of carbonyl (C=O) groups is 1. The summed E-state index contributed by atoms with van der Waals surface area (Å²) < 4.78 is 4.78. The van der Waals surface area contributed by atoms with Crippen LogP contribution in [0.25, 0.3) is 0 Å². The molecule has 0 spiro atoms. The van der Waals surface area contributed by atoms with Crippen molar-refractivity contribution in [2.45, 2.75) is 6.42 Å². The van der Waals surface area contributed by atoms with Crippen LogP contribution in [0, 0.1) is 0 Å². The Balaban J connectivity index is 3.04. The first kappa shape index (κ1) is 10.3. The summed E-state index contributed by atoms with van der Waals surface area (Å²) in [4.78, 5) is 14.8. The van der Waals surface area contributed by atoms with Crippen LogP contribution >= 0.6 is 0 Å². The van der Waals surface area contributed by atoms with Gasteiger partial charge < -0.3 is 10.1 Å². The third-order valence-corrected chi connectivity index (χ3v) is 1.06. The van der Waals surface area contributed by atoms with Crippen molar-refractivity contribution in [3.05, 3.63) is 0 Å². The fourth-order valence-electron chi connectivity index (χ4n) is 0.571. The minimum absolute atomic E-state index is 0.0903. The van der Waals surface area contributed by atoms with E-state index in [1.54, 1.807) is 7.11 Å². The molecule has 0 heterocycles. The van der Waals surface area contributed by atoms with Gasteiger partial charge in [0.25, 0.3) is 0 Å². The van der Waals surface area contributed by atoms with Gasteiger partial charge in [0.2, 0.25) is 5.91 Å². The van der Waals surface area contributed by atoms with E-state index in [1.165, 1.54) is 0 Å². The molecular formula is C6H14N2O3. The van der Waals surface area contributed by atoms with Crippen LogP contribution in [0.15, 0.2) is 0 Å². The molecule has 5 heteroatoms. The number of nitrogens with two attached hydrogens (primary N) is 1. The molecule has 0 unspecified atom stereocenters. The molecule has 0 aliphatic carbocycles. The number of rotatable bonds is 6. The van der Waals surface area contributed by atoms with Crippen LogP contribution in [0.4, 0.5) is 0 Å². The second-order valence-electron chi connectivity index (χ2n) is 2.01. The second kappa shape index (κ2) is 7.46. The lowest BCUT2D eigenvalue weighted by atomic mass is 10.4. The molecule has 0 aromatic carbocycles. The van der Waals surface area contributed by atoms with Gasteiger partial charge in [-0.25, -0.2) is 5.90 Å². The Bertz CT molecular complexity index is 108. The van der Waals surface area contributed by atoms with Crippen molar-refractivity contribution in [3.63, 3.8) is 0 Å². The van der Waals surface area contributed by atoms with E-state index in [9.17, 15) is 4.79 Å². The van der Waals surface area contributed by atoms with Gasteiger partial charge in [-0.15, -0.1) is 0 Å². The van der Waals surface area contributed by atoms with Crippen molar-refractivity contribution in [1.29, 1.82) is 0 Å². The van der Waals surface area contributed by atoms with E-state index in [2.05, 4.69) is 16.1 Å². The predicted octanol–water partition coefficient (Wildman–Crippen LogP) is -0.971. The van der Waals surface area contributed by atoms with Crippen molar-refractivity contribution < 1.29 is 14.4 Å². The first-order chi connectivity index (χ1) is 5.31. The van der Waals surface area contributed by atoms with Crippen molar-refractivity contribution >= 4 is 5.91 Å². The van der Waals surface area contributed by atoms with Gasteiger partial charge in [0, 0.05) is 20.3 Å². The largest absolute Gasteiger partial charge is 0.385 e. The molecule has 1 amide bonds. The summed E-state index contributed by atoms with van der Waals surface area (Å²) in [5.74, 6) is 4.47. The molecule has 0 bridgehead atoms. The molecule has 0 aliphatic heterocycles. The summed E-state index contributed by atoms with van der Waals surface area (Å²) >= 11 is 0. The summed E-state index contributed by atoms with van der Waals surface area (Å²) in [5, 5.41) is 2.59. The first-order valence-electron chi connectivity index (χ1n) is 3.38. The number of carbonyl (C=O) groups excluding carboxylic acids is 1. The zero-order valence-electron chi connectivity index (χ0n) is 6.63. The Morgan fingerprint density at radius 3 is 2.91 bits per heavy atom. The third kappa shape index (κ3) is 7.24. The maximum absolute atomic E-state index is 10.6. The van der Waals surface area contributed by atoms with Crippen molar-refractivity contribution in [2.75, 3.05) is 26.9 Å². The van der Waals surface area contributed by atoms with Crippen LogP contribution in [0.1, 0.15) is 6.42 Å². The molecule has 3 N–H and O–H groups in total. The molecule has 0 atom stereocenters. The standard InChI is InChI=1S/C6H14N2O3/c1-10-4-2-3-8-6(9)5-11-7/h2-5,7H2,1H3,(H,8,9). The lowest BCUT2D eigenvalue weighted by molar-refractivity contribution is -0.125. The van der Waals surface area contributed by atoms with Crippen molar-refractivity contribution in [2.24, 2.45) is 5.90 Å². The first-order valence-corrected chi connectivity index (χ1v) is 3.38. The Morgan fingerprint density at radius 1 is 1.64 bits per heavy atom. The molecule has 0 saturated carbocycles. The highest BCUT2D eigenvalue weighted by molar-refractivity contribution is 5.77. The van der Waals surface area contributed by atoms with Crippen LogP contribution in [0.5, 0.6) is 0 Å². The van der Waals surface area contributed by atoms with Crippen molar-refractivity contribution in [1.82, 2.24) is 5.32 Å². The second-order valence-corrected chi connectivity index (χ2v) is 2.01.